The quantitative estimate of drug-likeness (QED) is 0.858. The van der Waals surface area contributed by atoms with Gasteiger partial charge in [0.1, 0.15) is 5.76 Å². The van der Waals surface area contributed by atoms with Crippen molar-refractivity contribution in [3.05, 3.63) is 41.8 Å². The number of nitrogens with zero attached hydrogens (tertiary/aromatic N) is 2. The van der Waals surface area contributed by atoms with Gasteiger partial charge in [-0.15, -0.1) is 12.4 Å². The monoisotopic (exact) mass is 349 g/mol. The van der Waals surface area contributed by atoms with E-state index in [0.29, 0.717) is 0 Å². The molecule has 0 atom stereocenters. The molecule has 3 rings (SSSR count). The van der Waals surface area contributed by atoms with Gasteiger partial charge in [0.2, 0.25) is 5.89 Å². The molecular formula is C19H28ClN3O. The molecule has 1 aliphatic rings. The maximum absolute atomic E-state index is 5.87. The number of aryl methyl sites for hydroxylation is 1. The van der Waals surface area contributed by atoms with Crippen LogP contribution in [0, 0.1) is 12.8 Å². The van der Waals surface area contributed by atoms with Crippen LogP contribution in [0.4, 0.5) is 0 Å². The average molecular weight is 350 g/mol. The molecular weight excluding hydrogens is 322 g/mol. The number of piperidine rings is 1. The molecule has 0 bridgehead atoms. The molecule has 1 N–H and O–H groups in total. The third-order valence-corrected chi connectivity index (χ3v) is 4.80. The van der Waals surface area contributed by atoms with Crippen LogP contribution in [-0.4, -0.2) is 36.6 Å². The van der Waals surface area contributed by atoms with Gasteiger partial charge in [0, 0.05) is 12.1 Å². The number of oxazole rings is 1. The van der Waals surface area contributed by atoms with E-state index in [-0.39, 0.29) is 12.4 Å². The van der Waals surface area contributed by atoms with Crippen LogP contribution in [0.1, 0.15) is 30.7 Å². The first-order valence-corrected chi connectivity index (χ1v) is 8.65. The van der Waals surface area contributed by atoms with Crippen molar-refractivity contribution in [3.8, 4) is 11.5 Å². The van der Waals surface area contributed by atoms with E-state index in [1.165, 1.54) is 32.4 Å². The largest absolute Gasteiger partial charge is 0.441 e. The van der Waals surface area contributed by atoms with E-state index in [1.807, 2.05) is 44.3 Å². The van der Waals surface area contributed by atoms with Crippen molar-refractivity contribution < 1.29 is 4.42 Å². The van der Waals surface area contributed by atoms with Crippen LogP contribution in [0.3, 0.4) is 0 Å². The third kappa shape index (κ3) is 4.82. The first-order valence-electron chi connectivity index (χ1n) is 8.65. The summed E-state index contributed by atoms with van der Waals surface area (Å²) in [5.41, 5.74) is 2.13. The topological polar surface area (TPSA) is 41.3 Å². The van der Waals surface area contributed by atoms with Gasteiger partial charge >= 0.3 is 0 Å². The van der Waals surface area contributed by atoms with Crippen LogP contribution < -0.4 is 5.32 Å². The highest BCUT2D eigenvalue weighted by molar-refractivity contribution is 5.85. The predicted octanol–water partition coefficient (Wildman–Crippen LogP) is 3.89. The standard InChI is InChI=1S/C19H27N3O.ClH/c1-15-18(21-19(23-15)17-6-4-3-5-7-17)14-22-12-9-16(10-13-22)8-11-20-2;/h3-7,16,20H,8-14H2,1-2H3;1H. The SMILES string of the molecule is CNCCC1CCN(Cc2nc(-c3ccccc3)oc2C)CC1.Cl. The summed E-state index contributed by atoms with van der Waals surface area (Å²) < 4.78 is 5.87. The molecule has 0 saturated carbocycles. The Morgan fingerprint density at radius 1 is 1.21 bits per heavy atom. The number of halogens is 1. The second-order valence-electron chi connectivity index (χ2n) is 6.50. The van der Waals surface area contributed by atoms with Crippen LogP contribution in [0.15, 0.2) is 34.7 Å². The van der Waals surface area contributed by atoms with Crippen LogP contribution in [0.2, 0.25) is 0 Å². The Labute approximate surface area is 151 Å². The molecule has 4 nitrogen and oxygen atoms in total. The Bertz CT molecular complexity index is 606. The van der Waals surface area contributed by atoms with E-state index >= 15 is 0 Å². The van der Waals surface area contributed by atoms with Gasteiger partial charge in [0.25, 0.3) is 0 Å². The Morgan fingerprint density at radius 3 is 2.58 bits per heavy atom. The molecule has 5 heteroatoms. The number of aromatic nitrogens is 1. The van der Waals surface area contributed by atoms with E-state index in [0.717, 1.165) is 41.9 Å². The molecule has 132 valence electrons. The van der Waals surface area contributed by atoms with Crippen LogP contribution in [-0.2, 0) is 6.54 Å². The molecule has 0 amide bonds. The molecule has 0 spiro atoms. The van der Waals surface area contributed by atoms with Crippen molar-refractivity contribution in [1.29, 1.82) is 0 Å². The minimum absolute atomic E-state index is 0. The highest BCUT2D eigenvalue weighted by Gasteiger charge is 2.21. The summed E-state index contributed by atoms with van der Waals surface area (Å²) in [6, 6.07) is 10.1. The maximum atomic E-state index is 5.87. The van der Waals surface area contributed by atoms with Crippen molar-refractivity contribution in [2.45, 2.75) is 32.7 Å². The van der Waals surface area contributed by atoms with Gasteiger partial charge < -0.3 is 9.73 Å². The third-order valence-electron chi connectivity index (χ3n) is 4.80. The lowest BCUT2D eigenvalue weighted by atomic mass is 9.93. The number of hydrogen-bond acceptors (Lipinski definition) is 4. The smallest absolute Gasteiger partial charge is 0.226 e. The zero-order chi connectivity index (χ0) is 16.1. The summed E-state index contributed by atoms with van der Waals surface area (Å²) in [5.74, 6) is 2.56. The van der Waals surface area contributed by atoms with E-state index in [4.69, 9.17) is 9.40 Å². The van der Waals surface area contributed by atoms with Gasteiger partial charge in [-0.25, -0.2) is 4.98 Å². The summed E-state index contributed by atoms with van der Waals surface area (Å²) in [4.78, 5) is 7.23. The molecule has 0 radical (unpaired) electrons. The molecule has 0 unspecified atom stereocenters. The summed E-state index contributed by atoms with van der Waals surface area (Å²) in [6.45, 7) is 6.39. The summed E-state index contributed by atoms with van der Waals surface area (Å²) >= 11 is 0. The van der Waals surface area contributed by atoms with Crippen molar-refractivity contribution in [2.75, 3.05) is 26.7 Å². The number of nitrogens with one attached hydrogen (secondary N) is 1. The van der Waals surface area contributed by atoms with Gasteiger partial charge in [0.15, 0.2) is 0 Å². The van der Waals surface area contributed by atoms with Crippen LogP contribution in [0.25, 0.3) is 11.5 Å². The fourth-order valence-corrected chi connectivity index (χ4v) is 3.27. The lowest BCUT2D eigenvalue weighted by molar-refractivity contribution is 0.170. The van der Waals surface area contributed by atoms with Gasteiger partial charge in [-0.1, -0.05) is 18.2 Å². The van der Waals surface area contributed by atoms with Crippen molar-refractivity contribution in [1.82, 2.24) is 15.2 Å². The molecule has 1 fully saturated rings. The Kier molecular flexibility index (Phi) is 7.28. The lowest BCUT2D eigenvalue weighted by Crippen LogP contribution is -2.34. The van der Waals surface area contributed by atoms with E-state index in [9.17, 15) is 0 Å². The number of likely N-dealkylation sites (tertiary alicyclic amines) is 1. The highest BCUT2D eigenvalue weighted by Crippen LogP contribution is 2.25. The molecule has 1 aliphatic heterocycles. The number of hydrogen-bond donors (Lipinski definition) is 1. The van der Waals surface area contributed by atoms with Gasteiger partial charge in [0.05, 0.1) is 5.69 Å². The highest BCUT2D eigenvalue weighted by atomic mass is 35.5. The predicted molar refractivity (Wildman–Crippen MR) is 100 cm³/mol. The average Bonchev–Trinajstić information content (AvgIpc) is 2.96. The second-order valence-corrected chi connectivity index (χ2v) is 6.50. The van der Waals surface area contributed by atoms with Crippen LogP contribution >= 0.6 is 12.4 Å². The van der Waals surface area contributed by atoms with Gasteiger partial charge in [-0.2, -0.15) is 0 Å². The molecule has 1 aromatic carbocycles. The Morgan fingerprint density at radius 2 is 1.92 bits per heavy atom. The van der Waals surface area contributed by atoms with Crippen molar-refractivity contribution in [2.24, 2.45) is 5.92 Å². The zero-order valence-corrected chi connectivity index (χ0v) is 15.4. The Balaban J connectivity index is 0.00000208. The van der Waals surface area contributed by atoms with E-state index in [1.54, 1.807) is 0 Å². The lowest BCUT2D eigenvalue weighted by Gasteiger charge is -2.31. The summed E-state index contributed by atoms with van der Waals surface area (Å²) in [7, 11) is 2.03. The van der Waals surface area contributed by atoms with Crippen molar-refractivity contribution >= 4 is 12.4 Å². The molecule has 2 aromatic rings. The second kappa shape index (κ2) is 9.21. The van der Waals surface area contributed by atoms with E-state index in [2.05, 4.69) is 10.2 Å². The zero-order valence-electron chi connectivity index (χ0n) is 14.6. The fraction of sp³-hybridized carbons (Fsp3) is 0.526. The molecule has 1 aromatic heterocycles. The fourth-order valence-electron chi connectivity index (χ4n) is 3.27. The Hall–Kier alpha value is -1.36. The minimum atomic E-state index is 0. The van der Waals surface area contributed by atoms with Gasteiger partial charge in [-0.3, -0.25) is 4.90 Å². The minimum Gasteiger partial charge on any atom is -0.441 e. The normalized spacial score (nSPS) is 16.1. The maximum Gasteiger partial charge on any atom is 0.226 e. The first kappa shape index (κ1) is 19.0. The number of benzene rings is 1. The number of rotatable bonds is 6. The molecule has 24 heavy (non-hydrogen) atoms. The molecule has 2 heterocycles. The van der Waals surface area contributed by atoms with Crippen molar-refractivity contribution in [3.63, 3.8) is 0 Å². The van der Waals surface area contributed by atoms with Gasteiger partial charge in [-0.05, 0) is 70.9 Å². The van der Waals surface area contributed by atoms with Crippen LogP contribution in [0.5, 0.6) is 0 Å². The first-order chi connectivity index (χ1) is 11.3. The van der Waals surface area contributed by atoms with E-state index < -0.39 is 0 Å². The summed E-state index contributed by atoms with van der Waals surface area (Å²) in [6.07, 6.45) is 3.89. The molecule has 1 saturated heterocycles. The molecule has 0 aliphatic carbocycles. The summed E-state index contributed by atoms with van der Waals surface area (Å²) in [5, 5.41) is 3.26.